The van der Waals surface area contributed by atoms with Crippen LogP contribution in [-0.4, -0.2) is 44.5 Å². The van der Waals surface area contributed by atoms with E-state index in [-0.39, 0.29) is 28.7 Å². The summed E-state index contributed by atoms with van der Waals surface area (Å²) in [6, 6.07) is 11.0. The number of carboxylic acid groups (broad SMARTS) is 1. The minimum Gasteiger partial charge on any atom is -0.482 e. The maximum absolute atomic E-state index is 13.1. The predicted molar refractivity (Wildman–Crippen MR) is 122 cm³/mol. The van der Waals surface area contributed by atoms with Crippen molar-refractivity contribution in [1.29, 1.82) is 0 Å². The van der Waals surface area contributed by atoms with Crippen LogP contribution < -0.4 is 15.4 Å². The Balaban J connectivity index is 2.06. The number of aryl methyl sites for hydroxylation is 1. The highest BCUT2D eigenvalue weighted by molar-refractivity contribution is 7.90. The Bertz CT molecular complexity index is 1270. The van der Waals surface area contributed by atoms with Crippen molar-refractivity contribution in [1.82, 2.24) is 0 Å². The molecule has 0 radical (unpaired) electrons. The highest BCUT2D eigenvalue weighted by atomic mass is 32.2. The summed E-state index contributed by atoms with van der Waals surface area (Å²) in [7, 11) is -4.27. The summed E-state index contributed by atoms with van der Waals surface area (Å²) in [6.45, 7) is 4.39. The number of carboxylic acids is 1. The van der Waals surface area contributed by atoms with Crippen LogP contribution >= 0.6 is 0 Å². The summed E-state index contributed by atoms with van der Waals surface area (Å²) in [6.07, 6.45) is 0. The van der Waals surface area contributed by atoms with Crippen molar-refractivity contribution in [3.8, 4) is 5.75 Å². The number of allylic oxidation sites excluding steroid dienone is 1. The number of fused-ring (bicyclic) bond motifs is 1. The Morgan fingerprint density at radius 1 is 1.06 bits per heavy atom. The molecule has 3 N–H and O–H groups in total. The minimum atomic E-state index is -4.27. The Labute approximate surface area is 191 Å². The molecular weight excluding hydrogens is 450 g/mol. The molecule has 0 saturated heterocycles. The van der Waals surface area contributed by atoms with E-state index in [1.54, 1.807) is 45.0 Å². The van der Waals surface area contributed by atoms with Crippen LogP contribution in [0.4, 0.5) is 11.4 Å². The van der Waals surface area contributed by atoms with Crippen LogP contribution in [0.5, 0.6) is 5.75 Å². The molecule has 3 rings (SSSR count). The molecule has 174 valence electrons. The molecule has 0 saturated carbocycles. The van der Waals surface area contributed by atoms with E-state index >= 15 is 0 Å². The fraction of sp³-hybridized carbons (Fsp3) is 0.227. The summed E-state index contributed by atoms with van der Waals surface area (Å²) in [4.78, 5) is 23.2. The number of nitrogens with one attached hydrogen (secondary N) is 2. The first-order chi connectivity index (χ1) is 15.6. The van der Waals surface area contributed by atoms with Crippen LogP contribution in [0.25, 0.3) is 0 Å². The number of rotatable bonds is 7. The van der Waals surface area contributed by atoms with Crippen molar-refractivity contribution < 1.29 is 32.6 Å². The smallest absolute Gasteiger partial charge is 0.343 e. The maximum atomic E-state index is 13.1. The molecular formula is C22H23N3O7S. The number of sulfonamides is 1. The first-order valence-corrected chi connectivity index (χ1v) is 11.4. The fourth-order valence-corrected chi connectivity index (χ4v) is 4.16. The lowest BCUT2D eigenvalue weighted by Gasteiger charge is -2.12. The van der Waals surface area contributed by atoms with Crippen LogP contribution in [0.2, 0.25) is 0 Å². The van der Waals surface area contributed by atoms with Gasteiger partial charge in [0.1, 0.15) is 11.3 Å². The normalized spacial score (nSPS) is 14.6. The molecule has 1 heterocycles. The summed E-state index contributed by atoms with van der Waals surface area (Å²) in [5.41, 5.74) is 1.90. The van der Waals surface area contributed by atoms with Gasteiger partial charge in [-0.15, -0.1) is 4.40 Å². The Kier molecular flexibility index (Phi) is 7.02. The molecule has 2 aromatic carbocycles. The third-order valence-corrected chi connectivity index (χ3v) is 5.87. The van der Waals surface area contributed by atoms with Crippen molar-refractivity contribution in [3.63, 3.8) is 0 Å². The second kappa shape index (κ2) is 9.74. The molecule has 33 heavy (non-hydrogen) atoms. The van der Waals surface area contributed by atoms with E-state index < -0.39 is 28.6 Å². The third kappa shape index (κ3) is 5.50. The van der Waals surface area contributed by atoms with Gasteiger partial charge in [-0.2, -0.15) is 8.42 Å². The van der Waals surface area contributed by atoms with Crippen LogP contribution in [-0.2, 0) is 24.3 Å². The second-order valence-corrected chi connectivity index (χ2v) is 8.64. The molecule has 0 bridgehead atoms. The van der Waals surface area contributed by atoms with E-state index in [1.807, 2.05) is 0 Å². The van der Waals surface area contributed by atoms with Gasteiger partial charge in [0, 0.05) is 5.70 Å². The average Bonchev–Trinajstić information content (AvgIpc) is 2.87. The summed E-state index contributed by atoms with van der Waals surface area (Å²) in [5.74, 6) is -1.84. The van der Waals surface area contributed by atoms with Crippen molar-refractivity contribution >= 4 is 39.2 Å². The molecule has 0 spiro atoms. The van der Waals surface area contributed by atoms with E-state index in [0.29, 0.717) is 22.6 Å². The van der Waals surface area contributed by atoms with Crippen molar-refractivity contribution in [2.24, 2.45) is 4.40 Å². The van der Waals surface area contributed by atoms with Gasteiger partial charge >= 0.3 is 11.9 Å². The maximum Gasteiger partial charge on any atom is 0.343 e. The second-order valence-electron chi connectivity index (χ2n) is 7.04. The summed E-state index contributed by atoms with van der Waals surface area (Å²) < 4.78 is 40.4. The van der Waals surface area contributed by atoms with Crippen LogP contribution in [0, 0.1) is 6.92 Å². The van der Waals surface area contributed by atoms with Gasteiger partial charge < -0.3 is 25.2 Å². The van der Waals surface area contributed by atoms with Gasteiger partial charge in [-0.3, -0.25) is 0 Å². The van der Waals surface area contributed by atoms with Crippen molar-refractivity contribution in [2.45, 2.75) is 25.7 Å². The first kappa shape index (κ1) is 23.8. The van der Waals surface area contributed by atoms with Crippen molar-refractivity contribution in [2.75, 3.05) is 23.8 Å². The Morgan fingerprint density at radius 3 is 2.33 bits per heavy atom. The number of anilines is 2. The predicted octanol–water partition coefficient (Wildman–Crippen LogP) is 2.92. The highest BCUT2D eigenvalue weighted by Gasteiger charge is 2.28. The van der Waals surface area contributed by atoms with Gasteiger partial charge in [0.05, 0.1) is 22.9 Å². The topological polar surface area (TPSA) is 143 Å². The molecule has 0 fully saturated rings. The van der Waals surface area contributed by atoms with Gasteiger partial charge in [-0.25, -0.2) is 9.59 Å². The van der Waals surface area contributed by atoms with Gasteiger partial charge in [0.2, 0.25) is 0 Å². The standard InChI is InChI=1S/C22H23N3O7S/c1-4-31-22(28)20-14(3)23-16-7-5-6-8-17(16)24-21(20)25-33(29,30)15-9-10-18(13(2)11-15)32-12-19(26)27/h5-11,23H,4,12H2,1-3H3,(H,24,25)(H,26,27). The number of carbonyl (C=O) groups is 2. The number of amidine groups is 1. The molecule has 11 heteroatoms. The zero-order chi connectivity index (χ0) is 24.2. The molecule has 1 aliphatic rings. The van der Waals surface area contributed by atoms with Gasteiger partial charge in [-0.05, 0) is 56.7 Å². The number of hydrogen-bond acceptors (Lipinski definition) is 7. The molecule has 0 unspecified atom stereocenters. The molecule has 0 aromatic heterocycles. The molecule has 0 atom stereocenters. The van der Waals surface area contributed by atoms with Crippen LogP contribution in [0.15, 0.2) is 63.0 Å². The number of para-hydroxylation sites is 2. The SMILES string of the molecule is CCOC(=O)C1=C(C)Nc2ccccc2N/C1=N/S(=O)(=O)c1ccc(OCC(=O)O)c(C)c1. The Morgan fingerprint density at radius 2 is 1.73 bits per heavy atom. The van der Waals surface area contributed by atoms with E-state index in [4.69, 9.17) is 14.6 Å². The van der Waals surface area contributed by atoms with Crippen LogP contribution in [0.1, 0.15) is 19.4 Å². The molecule has 10 nitrogen and oxygen atoms in total. The van der Waals surface area contributed by atoms with Crippen LogP contribution in [0.3, 0.4) is 0 Å². The zero-order valence-electron chi connectivity index (χ0n) is 18.2. The first-order valence-electron chi connectivity index (χ1n) is 9.94. The Hall–Kier alpha value is -3.86. The number of esters is 1. The number of carbonyl (C=O) groups excluding carboxylic acids is 1. The molecule has 1 aliphatic heterocycles. The van der Waals surface area contributed by atoms with E-state index in [0.717, 1.165) is 0 Å². The average molecular weight is 474 g/mol. The number of aliphatic carboxylic acids is 1. The largest absolute Gasteiger partial charge is 0.482 e. The lowest BCUT2D eigenvalue weighted by molar-refractivity contribution is -0.139. The monoisotopic (exact) mass is 473 g/mol. The van der Waals surface area contributed by atoms with Gasteiger partial charge in [0.15, 0.2) is 12.4 Å². The van der Waals surface area contributed by atoms with E-state index in [9.17, 15) is 18.0 Å². The lowest BCUT2D eigenvalue weighted by atomic mass is 10.2. The van der Waals surface area contributed by atoms with Gasteiger partial charge in [-0.1, -0.05) is 12.1 Å². The van der Waals surface area contributed by atoms with Crippen molar-refractivity contribution in [3.05, 3.63) is 59.3 Å². The third-order valence-electron chi connectivity index (χ3n) is 4.60. The number of ether oxygens (including phenoxy) is 2. The molecule has 0 aliphatic carbocycles. The van der Waals surface area contributed by atoms with E-state index in [2.05, 4.69) is 15.0 Å². The highest BCUT2D eigenvalue weighted by Crippen LogP contribution is 2.29. The molecule has 0 amide bonds. The molecule has 2 aromatic rings. The lowest BCUT2D eigenvalue weighted by Crippen LogP contribution is -2.25. The summed E-state index contributed by atoms with van der Waals surface area (Å²) >= 11 is 0. The number of benzene rings is 2. The quantitative estimate of drug-likeness (QED) is 0.517. The minimum absolute atomic E-state index is 0.0465. The van der Waals surface area contributed by atoms with Gasteiger partial charge in [0.25, 0.3) is 10.0 Å². The number of hydrogen-bond donors (Lipinski definition) is 3. The summed E-state index contributed by atoms with van der Waals surface area (Å²) in [5, 5.41) is 14.8. The van der Waals surface area contributed by atoms with E-state index in [1.165, 1.54) is 18.2 Å². The fourth-order valence-electron chi connectivity index (χ4n) is 3.11. The number of nitrogens with zero attached hydrogens (tertiary/aromatic N) is 1. The zero-order valence-corrected chi connectivity index (χ0v) is 19.0.